The Balaban J connectivity index is 1.64. The summed E-state index contributed by atoms with van der Waals surface area (Å²) in [5, 5.41) is 39.0. The van der Waals surface area contributed by atoms with Gasteiger partial charge in [0, 0.05) is 22.9 Å². The Hall–Kier alpha value is -2.51. The van der Waals surface area contributed by atoms with Gasteiger partial charge < -0.3 is 20.1 Å². The van der Waals surface area contributed by atoms with E-state index in [0.29, 0.717) is 4.90 Å². The molecule has 5 atom stereocenters. The number of halogens is 3. The number of thioether (sulfide) groups is 1. The van der Waals surface area contributed by atoms with E-state index in [1.54, 1.807) is 12.4 Å². The van der Waals surface area contributed by atoms with E-state index in [2.05, 4.69) is 15.3 Å². The minimum absolute atomic E-state index is 0.00123. The monoisotopic (exact) mass is 468 g/mol. The number of aliphatic hydroxyl groups is 3. The second-order valence-corrected chi connectivity index (χ2v) is 8.52. The lowest BCUT2D eigenvalue weighted by Gasteiger charge is -2.41. The predicted molar refractivity (Wildman–Crippen MR) is 107 cm³/mol. The summed E-state index contributed by atoms with van der Waals surface area (Å²) in [6.07, 6.45) is 0.829. The fourth-order valence-electron chi connectivity index (χ4n) is 3.46. The van der Waals surface area contributed by atoms with Crippen molar-refractivity contribution in [2.45, 2.75) is 41.6 Å². The van der Waals surface area contributed by atoms with Crippen molar-refractivity contribution in [2.24, 2.45) is 0 Å². The zero-order chi connectivity index (χ0) is 23.0. The van der Waals surface area contributed by atoms with Crippen LogP contribution in [0.2, 0.25) is 0 Å². The molecule has 3 N–H and O–H groups in total. The predicted octanol–water partition coefficient (Wildman–Crippen LogP) is 1.84. The van der Waals surface area contributed by atoms with Gasteiger partial charge >= 0.3 is 0 Å². The molecule has 2 aromatic heterocycles. The largest absolute Gasteiger partial charge is 0.394 e. The van der Waals surface area contributed by atoms with Gasteiger partial charge in [-0.25, -0.2) is 17.9 Å². The van der Waals surface area contributed by atoms with Crippen LogP contribution in [0.1, 0.15) is 11.6 Å². The van der Waals surface area contributed by atoms with E-state index in [1.165, 1.54) is 6.20 Å². The van der Waals surface area contributed by atoms with Gasteiger partial charge in [0.1, 0.15) is 35.5 Å². The quantitative estimate of drug-likeness (QED) is 0.486. The molecule has 8 nitrogen and oxygen atoms in total. The normalized spacial score (nSPS) is 25.8. The lowest BCUT2D eigenvalue weighted by molar-refractivity contribution is -0.178. The van der Waals surface area contributed by atoms with Crippen molar-refractivity contribution >= 4 is 11.8 Å². The van der Waals surface area contributed by atoms with E-state index < -0.39 is 53.8 Å². The van der Waals surface area contributed by atoms with E-state index in [-0.39, 0.29) is 11.3 Å². The number of hydrogen-bond acceptors (Lipinski definition) is 8. The topological polar surface area (TPSA) is 114 Å². The molecule has 1 aromatic carbocycles. The van der Waals surface area contributed by atoms with E-state index in [0.717, 1.165) is 34.1 Å². The first-order valence-electron chi connectivity index (χ1n) is 9.56. The van der Waals surface area contributed by atoms with Crippen LogP contribution in [-0.2, 0) is 4.74 Å². The van der Waals surface area contributed by atoms with Gasteiger partial charge in [-0.3, -0.25) is 4.98 Å². The number of nitrogens with zero attached hydrogens (tertiary/aromatic N) is 4. The number of ether oxygens (including phenoxy) is 1. The van der Waals surface area contributed by atoms with Crippen molar-refractivity contribution in [1.29, 1.82) is 0 Å². The van der Waals surface area contributed by atoms with Gasteiger partial charge in [-0.05, 0) is 30.7 Å². The van der Waals surface area contributed by atoms with Crippen LogP contribution in [0.5, 0.6) is 0 Å². The van der Waals surface area contributed by atoms with Crippen molar-refractivity contribution in [2.75, 3.05) is 6.61 Å². The third-order valence-corrected chi connectivity index (χ3v) is 6.16. The van der Waals surface area contributed by atoms with E-state index in [1.807, 2.05) is 13.0 Å². The van der Waals surface area contributed by atoms with Crippen molar-refractivity contribution in [3.63, 3.8) is 0 Å². The maximum atomic E-state index is 13.6. The van der Waals surface area contributed by atoms with Crippen molar-refractivity contribution in [1.82, 2.24) is 20.0 Å². The fourth-order valence-corrected chi connectivity index (χ4v) is 4.60. The molecule has 32 heavy (non-hydrogen) atoms. The molecule has 2 unspecified atom stereocenters. The Kier molecular flexibility index (Phi) is 6.49. The Morgan fingerprint density at radius 3 is 2.47 bits per heavy atom. The number of aryl methyl sites for hydroxylation is 1. The number of rotatable bonds is 5. The molecule has 0 saturated carbocycles. The maximum Gasteiger partial charge on any atom is 0.194 e. The fraction of sp³-hybridized carbons (Fsp3) is 0.350. The summed E-state index contributed by atoms with van der Waals surface area (Å²) in [5.74, 6) is -4.37. The molecule has 12 heteroatoms. The lowest BCUT2D eigenvalue weighted by atomic mass is 9.97. The summed E-state index contributed by atoms with van der Waals surface area (Å²) < 4.78 is 47.2. The van der Waals surface area contributed by atoms with Crippen molar-refractivity contribution in [3.8, 4) is 11.3 Å². The molecular formula is C20H19F3N4O4S. The molecule has 0 amide bonds. The number of aliphatic hydroxyl groups excluding tert-OH is 3. The molecule has 0 aliphatic carbocycles. The minimum Gasteiger partial charge on any atom is -0.394 e. The van der Waals surface area contributed by atoms with Crippen LogP contribution >= 0.6 is 11.8 Å². The summed E-state index contributed by atoms with van der Waals surface area (Å²) in [4.78, 5) is 4.80. The van der Waals surface area contributed by atoms with Crippen LogP contribution in [0.4, 0.5) is 13.2 Å². The Labute approximate surface area is 184 Å². The Morgan fingerprint density at radius 1 is 1.09 bits per heavy atom. The smallest absolute Gasteiger partial charge is 0.194 e. The SMILES string of the molecule is Cc1cncc(S[C@H]2OC(CO)[C@H](O)[C@H](n3cc(-c4cc(F)c(F)c(F)c4)nn3)C2O)c1. The van der Waals surface area contributed by atoms with Gasteiger partial charge in [0.15, 0.2) is 17.5 Å². The Bertz CT molecular complexity index is 1090. The van der Waals surface area contributed by atoms with Crippen molar-refractivity contribution < 1.29 is 33.2 Å². The van der Waals surface area contributed by atoms with Crippen LogP contribution in [0.25, 0.3) is 11.3 Å². The summed E-state index contributed by atoms with van der Waals surface area (Å²) in [5.41, 5.74) is -0.0618. The maximum absolute atomic E-state index is 13.6. The molecule has 1 fully saturated rings. The molecule has 1 aliphatic heterocycles. The third-order valence-electron chi connectivity index (χ3n) is 5.05. The van der Waals surface area contributed by atoms with Crippen molar-refractivity contribution in [3.05, 3.63) is 59.8 Å². The van der Waals surface area contributed by atoms with Crippen LogP contribution in [0.3, 0.4) is 0 Å². The molecule has 4 rings (SSSR count). The zero-order valence-corrected chi connectivity index (χ0v) is 17.5. The second-order valence-electron chi connectivity index (χ2n) is 7.35. The summed E-state index contributed by atoms with van der Waals surface area (Å²) >= 11 is 1.16. The van der Waals surface area contributed by atoms with Crippen LogP contribution in [0, 0.1) is 24.4 Å². The molecule has 1 saturated heterocycles. The van der Waals surface area contributed by atoms with Gasteiger partial charge in [-0.2, -0.15) is 0 Å². The molecule has 0 spiro atoms. The summed E-state index contributed by atoms with van der Waals surface area (Å²) in [6, 6.07) is 2.28. The highest BCUT2D eigenvalue weighted by atomic mass is 32.2. The average Bonchev–Trinajstić information content (AvgIpc) is 3.23. The molecule has 170 valence electrons. The molecule has 3 heterocycles. The molecule has 3 aromatic rings. The highest BCUT2D eigenvalue weighted by molar-refractivity contribution is 7.99. The first kappa shape index (κ1) is 22.7. The lowest BCUT2D eigenvalue weighted by Crippen LogP contribution is -2.55. The Morgan fingerprint density at radius 2 is 1.81 bits per heavy atom. The minimum atomic E-state index is -1.60. The van der Waals surface area contributed by atoms with E-state index in [9.17, 15) is 28.5 Å². The van der Waals surface area contributed by atoms with Gasteiger partial charge in [0.05, 0.1) is 12.8 Å². The standard InChI is InChI=1S/C20H19F3N4O4S/c1-9-2-11(6-24-5-9)32-20-19(30)17(18(29)15(8-28)31-20)27-7-14(25-26-27)10-3-12(21)16(23)13(22)4-10/h2-7,15,17-20,28-30H,8H2,1H3/t15?,17-,18-,19?,20+/m0/s1. The average molecular weight is 468 g/mol. The van der Waals surface area contributed by atoms with Gasteiger partial charge in [0.25, 0.3) is 0 Å². The van der Waals surface area contributed by atoms with Crippen LogP contribution < -0.4 is 0 Å². The van der Waals surface area contributed by atoms with Gasteiger partial charge in [-0.1, -0.05) is 17.0 Å². The number of hydrogen-bond donors (Lipinski definition) is 3. The zero-order valence-electron chi connectivity index (χ0n) is 16.6. The molecular weight excluding hydrogens is 449 g/mol. The molecule has 1 aliphatic rings. The van der Waals surface area contributed by atoms with Crippen LogP contribution in [0.15, 0.2) is 41.7 Å². The van der Waals surface area contributed by atoms with Gasteiger partial charge in [-0.15, -0.1) is 5.10 Å². The number of aromatic nitrogens is 4. The first-order valence-corrected chi connectivity index (χ1v) is 10.4. The van der Waals surface area contributed by atoms with Gasteiger partial charge in [0.2, 0.25) is 0 Å². The first-order chi connectivity index (χ1) is 15.3. The van der Waals surface area contributed by atoms with E-state index >= 15 is 0 Å². The number of pyridine rings is 1. The number of benzene rings is 1. The highest BCUT2D eigenvalue weighted by Crippen LogP contribution is 2.38. The highest BCUT2D eigenvalue weighted by Gasteiger charge is 2.46. The molecule has 0 bridgehead atoms. The summed E-state index contributed by atoms with van der Waals surface area (Å²) in [6.45, 7) is 1.33. The van der Waals surface area contributed by atoms with E-state index in [4.69, 9.17) is 4.74 Å². The van der Waals surface area contributed by atoms with Crippen LogP contribution in [-0.4, -0.2) is 65.7 Å². The summed E-state index contributed by atoms with van der Waals surface area (Å²) in [7, 11) is 0. The molecule has 0 radical (unpaired) electrons. The second kappa shape index (κ2) is 9.16. The third kappa shape index (κ3) is 4.36.